The molecule has 0 fully saturated rings. The van der Waals surface area contributed by atoms with Crippen molar-refractivity contribution in [3.8, 4) is 5.69 Å². The fourth-order valence-electron chi connectivity index (χ4n) is 1.96. The summed E-state index contributed by atoms with van der Waals surface area (Å²) in [6.07, 6.45) is 1.36. The van der Waals surface area contributed by atoms with Gasteiger partial charge in [-0.3, -0.25) is 14.9 Å². The van der Waals surface area contributed by atoms with Crippen LogP contribution >= 0.6 is 11.3 Å². The lowest BCUT2D eigenvalue weighted by Gasteiger charge is -2.02. The van der Waals surface area contributed by atoms with Crippen molar-refractivity contribution in [2.75, 3.05) is 5.32 Å². The second kappa shape index (κ2) is 5.31. The van der Waals surface area contributed by atoms with Gasteiger partial charge in [0.25, 0.3) is 11.7 Å². The van der Waals surface area contributed by atoms with Gasteiger partial charge in [0.1, 0.15) is 6.33 Å². The van der Waals surface area contributed by atoms with Crippen LogP contribution in [0.2, 0.25) is 0 Å². The van der Waals surface area contributed by atoms with Crippen LogP contribution in [0.25, 0.3) is 11.5 Å². The van der Waals surface area contributed by atoms with E-state index in [2.05, 4.69) is 36.0 Å². The number of tetrazole rings is 1. The van der Waals surface area contributed by atoms with E-state index in [0.717, 1.165) is 5.69 Å². The third kappa shape index (κ3) is 2.23. The zero-order valence-corrected chi connectivity index (χ0v) is 12.9. The summed E-state index contributed by atoms with van der Waals surface area (Å²) in [6.45, 7) is 0. The Labute approximate surface area is 136 Å². The molecule has 4 heterocycles. The van der Waals surface area contributed by atoms with Gasteiger partial charge in [0.15, 0.2) is 0 Å². The zero-order chi connectivity index (χ0) is 16.7. The highest BCUT2D eigenvalue weighted by atomic mass is 32.1. The van der Waals surface area contributed by atoms with Crippen LogP contribution in [0.1, 0.15) is 10.5 Å². The van der Waals surface area contributed by atoms with E-state index in [1.54, 1.807) is 7.05 Å². The number of thiophene rings is 1. The minimum atomic E-state index is -0.778. The number of carbonyl (C=O) groups excluding carboxylic acids is 1. The van der Waals surface area contributed by atoms with Crippen LogP contribution in [0.15, 0.2) is 27.9 Å². The SMILES string of the molecule is Cn1nnnc1NC(=O)c1nn2cnn(-c3ccsc3)c2nc1=O. The number of hydrogen-bond acceptors (Lipinski definition) is 9. The van der Waals surface area contributed by atoms with E-state index in [9.17, 15) is 9.59 Å². The number of aromatic nitrogens is 9. The molecular formula is C11H8N10O2S. The molecule has 4 aromatic rings. The molecular weight excluding hydrogens is 336 g/mol. The lowest BCUT2D eigenvalue weighted by atomic mass is 10.4. The summed E-state index contributed by atoms with van der Waals surface area (Å²) < 4.78 is 3.96. The van der Waals surface area contributed by atoms with E-state index >= 15 is 0 Å². The Hall–Kier alpha value is -3.48. The van der Waals surface area contributed by atoms with Crippen LogP contribution in [0.3, 0.4) is 0 Å². The van der Waals surface area contributed by atoms with Gasteiger partial charge >= 0.3 is 5.56 Å². The number of nitrogens with zero attached hydrogens (tertiary/aromatic N) is 9. The van der Waals surface area contributed by atoms with Crippen molar-refractivity contribution in [1.82, 2.24) is 44.6 Å². The standard InChI is InChI=1S/C11H8N10O2S/c1-19-10(15-17-18-19)13-8(22)7-9(23)14-11-20(16-7)5-12-21(11)6-2-3-24-4-6/h2-5H,1H3,(H,13,15,18,22). The largest absolute Gasteiger partial charge is 0.306 e. The summed E-state index contributed by atoms with van der Waals surface area (Å²) in [4.78, 5) is 28.3. The summed E-state index contributed by atoms with van der Waals surface area (Å²) >= 11 is 1.48. The summed E-state index contributed by atoms with van der Waals surface area (Å²) in [5.41, 5.74) is -0.418. The number of rotatable bonds is 3. The molecule has 12 nitrogen and oxygen atoms in total. The number of anilines is 1. The molecule has 0 atom stereocenters. The van der Waals surface area contributed by atoms with Gasteiger partial charge in [0.05, 0.1) is 5.69 Å². The third-order valence-corrected chi connectivity index (χ3v) is 3.76. The fourth-order valence-corrected chi connectivity index (χ4v) is 2.58. The van der Waals surface area contributed by atoms with Crippen LogP contribution in [0, 0.1) is 0 Å². The molecule has 4 aromatic heterocycles. The topological polar surface area (TPSA) is 138 Å². The average Bonchev–Trinajstić information content (AvgIpc) is 3.28. The molecule has 1 N–H and O–H groups in total. The Morgan fingerprint density at radius 2 is 2.25 bits per heavy atom. The first kappa shape index (κ1) is 14.1. The average molecular weight is 344 g/mol. The first-order valence-electron chi connectivity index (χ1n) is 6.54. The number of amides is 1. The molecule has 0 aliphatic heterocycles. The Morgan fingerprint density at radius 3 is 2.96 bits per heavy atom. The lowest BCUT2D eigenvalue weighted by molar-refractivity contribution is 0.101. The molecule has 0 saturated heterocycles. The highest BCUT2D eigenvalue weighted by molar-refractivity contribution is 7.08. The Kier molecular flexibility index (Phi) is 3.13. The van der Waals surface area contributed by atoms with Gasteiger partial charge in [-0.1, -0.05) is 5.10 Å². The van der Waals surface area contributed by atoms with Gasteiger partial charge in [0.2, 0.25) is 11.6 Å². The van der Waals surface area contributed by atoms with Gasteiger partial charge in [0, 0.05) is 12.4 Å². The molecule has 0 unspecified atom stereocenters. The van der Waals surface area contributed by atoms with Gasteiger partial charge in [-0.2, -0.15) is 35.7 Å². The molecule has 24 heavy (non-hydrogen) atoms. The molecule has 1 amide bonds. The second-order valence-electron chi connectivity index (χ2n) is 4.61. The normalized spacial score (nSPS) is 11.0. The summed E-state index contributed by atoms with van der Waals surface area (Å²) in [5, 5.41) is 24.8. The molecule has 0 aromatic carbocycles. The summed E-state index contributed by atoms with van der Waals surface area (Å²) in [5.74, 6) is -0.473. The molecule has 0 bridgehead atoms. The van der Waals surface area contributed by atoms with E-state index in [1.807, 2.05) is 16.8 Å². The lowest BCUT2D eigenvalue weighted by Crippen LogP contribution is -2.28. The summed E-state index contributed by atoms with van der Waals surface area (Å²) in [7, 11) is 1.54. The maximum atomic E-state index is 12.2. The highest BCUT2D eigenvalue weighted by Gasteiger charge is 2.19. The predicted molar refractivity (Wildman–Crippen MR) is 81.0 cm³/mol. The molecule has 0 spiro atoms. The van der Waals surface area contributed by atoms with Crippen molar-refractivity contribution in [1.29, 1.82) is 0 Å². The number of fused-ring (bicyclic) bond motifs is 1. The quantitative estimate of drug-likeness (QED) is 0.505. The van der Waals surface area contributed by atoms with E-state index in [1.165, 1.54) is 31.5 Å². The van der Waals surface area contributed by atoms with Crippen molar-refractivity contribution in [3.63, 3.8) is 0 Å². The van der Waals surface area contributed by atoms with Crippen LogP contribution in [-0.4, -0.2) is 50.5 Å². The number of aryl methyl sites for hydroxylation is 1. The van der Waals surface area contributed by atoms with E-state index in [0.29, 0.717) is 0 Å². The first-order chi connectivity index (χ1) is 11.6. The number of nitrogens with one attached hydrogen (secondary N) is 1. The van der Waals surface area contributed by atoms with Gasteiger partial charge in [-0.15, -0.1) is 0 Å². The Balaban J connectivity index is 1.75. The summed E-state index contributed by atoms with van der Waals surface area (Å²) in [6, 6.07) is 1.82. The maximum Gasteiger partial charge on any atom is 0.306 e. The monoisotopic (exact) mass is 344 g/mol. The molecule has 0 aliphatic carbocycles. The zero-order valence-electron chi connectivity index (χ0n) is 12.1. The van der Waals surface area contributed by atoms with Crippen molar-refractivity contribution in [3.05, 3.63) is 39.2 Å². The Bertz CT molecular complexity index is 1090. The molecule has 13 heteroatoms. The molecule has 4 rings (SSSR count). The van der Waals surface area contributed by atoms with Crippen molar-refractivity contribution in [2.24, 2.45) is 7.05 Å². The maximum absolute atomic E-state index is 12.2. The molecule has 0 aliphatic rings. The highest BCUT2D eigenvalue weighted by Crippen LogP contribution is 2.12. The molecule has 0 saturated carbocycles. The van der Waals surface area contributed by atoms with Crippen LogP contribution in [0.5, 0.6) is 0 Å². The second-order valence-corrected chi connectivity index (χ2v) is 5.39. The van der Waals surface area contributed by atoms with Crippen molar-refractivity contribution >= 4 is 29.0 Å². The van der Waals surface area contributed by atoms with E-state index in [-0.39, 0.29) is 17.4 Å². The first-order valence-corrected chi connectivity index (χ1v) is 7.49. The van der Waals surface area contributed by atoms with Gasteiger partial charge in [-0.05, 0) is 21.9 Å². The predicted octanol–water partition coefficient (Wildman–Crippen LogP) is -0.887. The molecule has 120 valence electrons. The smallest absolute Gasteiger partial charge is 0.288 e. The van der Waals surface area contributed by atoms with Gasteiger partial charge in [-0.25, -0.2) is 4.68 Å². The number of hydrogen-bond donors (Lipinski definition) is 1. The van der Waals surface area contributed by atoms with E-state index in [4.69, 9.17) is 0 Å². The third-order valence-electron chi connectivity index (χ3n) is 3.09. The van der Waals surface area contributed by atoms with E-state index < -0.39 is 11.5 Å². The minimum Gasteiger partial charge on any atom is -0.288 e. The fraction of sp³-hybridized carbons (Fsp3) is 0.0909. The van der Waals surface area contributed by atoms with Gasteiger partial charge < -0.3 is 0 Å². The Morgan fingerprint density at radius 1 is 1.38 bits per heavy atom. The van der Waals surface area contributed by atoms with Crippen LogP contribution < -0.4 is 10.9 Å². The van der Waals surface area contributed by atoms with Crippen molar-refractivity contribution in [2.45, 2.75) is 0 Å². The minimum absolute atomic E-state index is 0.0836. The number of carbonyl (C=O) groups is 1. The van der Waals surface area contributed by atoms with Crippen LogP contribution in [0.4, 0.5) is 5.95 Å². The molecule has 0 radical (unpaired) electrons. The van der Waals surface area contributed by atoms with Crippen molar-refractivity contribution < 1.29 is 4.79 Å². The van der Waals surface area contributed by atoms with Crippen LogP contribution in [-0.2, 0) is 7.05 Å².